The van der Waals surface area contributed by atoms with E-state index in [1.807, 2.05) is 18.2 Å². The number of hydrogen-bond acceptors (Lipinski definition) is 3. The van der Waals surface area contributed by atoms with Gasteiger partial charge in [-0.25, -0.2) is 0 Å². The van der Waals surface area contributed by atoms with E-state index in [0.717, 1.165) is 23.5 Å². The maximum Gasteiger partial charge on any atom is 0.140 e. The summed E-state index contributed by atoms with van der Waals surface area (Å²) in [6, 6.07) is 5.59. The van der Waals surface area contributed by atoms with Crippen molar-refractivity contribution in [2.45, 2.75) is 18.8 Å². The molecule has 0 saturated heterocycles. The summed E-state index contributed by atoms with van der Waals surface area (Å²) in [6.45, 7) is 0. The fourth-order valence-corrected chi connectivity index (χ4v) is 1.94. The number of carbonyl (C=O) groups excluding carboxylic acids is 1. The Hall–Kier alpha value is -1.51. The fraction of sp³-hybridized carbons (Fsp3) is 0.417. The lowest BCUT2D eigenvalue weighted by atomic mass is 9.78. The highest BCUT2D eigenvalue weighted by Crippen LogP contribution is 2.43. The maximum absolute atomic E-state index is 11.5. The van der Waals surface area contributed by atoms with Crippen molar-refractivity contribution in [3.63, 3.8) is 0 Å². The maximum atomic E-state index is 11.5. The molecule has 2 rings (SSSR count). The molecule has 80 valence electrons. The summed E-state index contributed by atoms with van der Waals surface area (Å²) in [5.41, 5.74) is 0.902. The molecule has 0 bridgehead atoms. The average Bonchev–Trinajstić information content (AvgIpc) is 2.27. The largest absolute Gasteiger partial charge is 0.496 e. The summed E-state index contributed by atoms with van der Waals surface area (Å²) < 4.78 is 10.5. The van der Waals surface area contributed by atoms with Crippen LogP contribution in [-0.4, -0.2) is 20.0 Å². The van der Waals surface area contributed by atoms with E-state index in [9.17, 15) is 4.79 Å². The van der Waals surface area contributed by atoms with Crippen LogP contribution in [0.3, 0.4) is 0 Å². The van der Waals surface area contributed by atoms with Crippen LogP contribution in [0.15, 0.2) is 18.2 Å². The second-order valence-electron chi connectivity index (χ2n) is 3.63. The van der Waals surface area contributed by atoms with E-state index in [4.69, 9.17) is 9.47 Å². The minimum Gasteiger partial charge on any atom is -0.496 e. The summed E-state index contributed by atoms with van der Waals surface area (Å²) in [7, 11) is 3.23. The Morgan fingerprint density at radius 2 is 1.80 bits per heavy atom. The molecule has 1 aliphatic carbocycles. The van der Waals surface area contributed by atoms with Crippen molar-refractivity contribution in [1.82, 2.24) is 0 Å². The molecule has 15 heavy (non-hydrogen) atoms. The van der Waals surface area contributed by atoms with Crippen LogP contribution < -0.4 is 9.47 Å². The highest BCUT2D eigenvalue weighted by Gasteiger charge is 2.34. The van der Waals surface area contributed by atoms with Crippen molar-refractivity contribution < 1.29 is 14.3 Å². The van der Waals surface area contributed by atoms with Crippen LogP contribution in [-0.2, 0) is 4.79 Å². The smallest absolute Gasteiger partial charge is 0.140 e. The first-order valence-electron chi connectivity index (χ1n) is 5.01. The fourth-order valence-electron chi connectivity index (χ4n) is 1.94. The second-order valence-corrected chi connectivity index (χ2v) is 3.63. The van der Waals surface area contributed by atoms with Gasteiger partial charge >= 0.3 is 0 Å². The van der Waals surface area contributed by atoms with Crippen molar-refractivity contribution in [3.05, 3.63) is 23.8 Å². The molecule has 0 aromatic heterocycles. The number of ether oxygens (including phenoxy) is 2. The number of hydrogen-bond donors (Lipinski definition) is 0. The first-order valence-corrected chi connectivity index (χ1v) is 5.01. The Balaban J connectivity index is 2.45. The van der Waals surface area contributed by atoms with Gasteiger partial charge in [-0.1, -0.05) is 6.07 Å². The van der Waals surface area contributed by atoms with E-state index in [1.54, 1.807) is 14.2 Å². The van der Waals surface area contributed by atoms with Gasteiger partial charge in [0.25, 0.3) is 0 Å². The highest BCUT2D eigenvalue weighted by atomic mass is 16.5. The minimum absolute atomic E-state index is 0.0314. The Morgan fingerprint density at radius 1 is 1.20 bits per heavy atom. The first-order chi connectivity index (χ1) is 7.27. The zero-order valence-corrected chi connectivity index (χ0v) is 8.95. The standard InChI is InChI=1S/C12H14O3/c1-14-10-4-3-5-11(15-2)12(10)8-6-7-9(8)13/h3-5,8H,6-7H2,1-2H3. The number of benzene rings is 1. The zero-order chi connectivity index (χ0) is 10.8. The van der Waals surface area contributed by atoms with Gasteiger partial charge in [-0.15, -0.1) is 0 Å². The van der Waals surface area contributed by atoms with Gasteiger partial charge in [-0.2, -0.15) is 0 Å². The number of Topliss-reactive ketones (excluding diaryl/α,β-unsaturated/α-hetero) is 1. The second kappa shape index (κ2) is 3.93. The summed E-state index contributed by atoms with van der Waals surface area (Å²) in [6.07, 6.45) is 1.57. The van der Waals surface area contributed by atoms with Gasteiger partial charge in [0.15, 0.2) is 0 Å². The Labute approximate surface area is 89.0 Å². The van der Waals surface area contributed by atoms with Crippen molar-refractivity contribution in [2.24, 2.45) is 0 Å². The number of methoxy groups -OCH3 is 2. The topological polar surface area (TPSA) is 35.5 Å². The number of ketones is 1. The molecular formula is C12H14O3. The summed E-state index contributed by atoms with van der Waals surface area (Å²) in [5.74, 6) is 1.73. The summed E-state index contributed by atoms with van der Waals surface area (Å²) >= 11 is 0. The van der Waals surface area contributed by atoms with E-state index in [1.165, 1.54) is 0 Å². The van der Waals surface area contributed by atoms with Crippen LogP contribution >= 0.6 is 0 Å². The first kappa shape index (κ1) is 10.0. The van der Waals surface area contributed by atoms with E-state index in [0.29, 0.717) is 6.42 Å². The average molecular weight is 206 g/mol. The molecule has 0 N–H and O–H groups in total. The van der Waals surface area contributed by atoms with E-state index < -0.39 is 0 Å². The molecule has 0 aliphatic heterocycles. The molecule has 1 fully saturated rings. The van der Waals surface area contributed by atoms with Gasteiger partial charge in [-0.05, 0) is 18.6 Å². The minimum atomic E-state index is -0.0314. The van der Waals surface area contributed by atoms with Crippen LogP contribution in [0.1, 0.15) is 24.3 Å². The van der Waals surface area contributed by atoms with Crippen LogP contribution in [0.25, 0.3) is 0 Å². The predicted molar refractivity (Wildman–Crippen MR) is 56.5 cm³/mol. The third-order valence-electron chi connectivity index (χ3n) is 2.88. The van der Waals surface area contributed by atoms with E-state index in [-0.39, 0.29) is 11.7 Å². The number of carbonyl (C=O) groups is 1. The molecule has 1 aromatic carbocycles. The van der Waals surface area contributed by atoms with Gasteiger partial charge in [0, 0.05) is 12.0 Å². The van der Waals surface area contributed by atoms with Crippen LogP contribution in [0.2, 0.25) is 0 Å². The lowest BCUT2D eigenvalue weighted by molar-refractivity contribution is -0.125. The van der Waals surface area contributed by atoms with Crippen molar-refractivity contribution >= 4 is 5.78 Å². The van der Waals surface area contributed by atoms with Crippen LogP contribution in [0, 0.1) is 0 Å². The third kappa shape index (κ3) is 1.58. The van der Waals surface area contributed by atoms with Crippen molar-refractivity contribution in [1.29, 1.82) is 0 Å². The number of rotatable bonds is 3. The molecular weight excluding hydrogens is 192 g/mol. The molecule has 0 radical (unpaired) electrons. The monoisotopic (exact) mass is 206 g/mol. The lowest BCUT2D eigenvalue weighted by Gasteiger charge is -2.27. The molecule has 0 amide bonds. The highest BCUT2D eigenvalue weighted by molar-refractivity contribution is 5.92. The molecule has 1 aromatic rings. The predicted octanol–water partition coefficient (Wildman–Crippen LogP) is 2.15. The van der Waals surface area contributed by atoms with Crippen molar-refractivity contribution in [3.8, 4) is 11.5 Å². The molecule has 1 aliphatic rings. The van der Waals surface area contributed by atoms with Crippen molar-refractivity contribution in [2.75, 3.05) is 14.2 Å². The summed E-state index contributed by atoms with van der Waals surface area (Å²) in [5, 5.41) is 0. The van der Waals surface area contributed by atoms with Gasteiger partial charge in [-0.3, -0.25) is 4.79 Å². The molecule has 3 heteroatoms. The lowest BCUT2D eigenvalue weighted by Crippen LogP contribution is -2.24. The van der Waals surface area contributed by atoms with E-state index in [2.05, 4.69) is 0 Å². The Morgan fingerprint density at radius 3 is 2.13 bits per heavy atom. The third-order valence-corrected chi connectivity index (χ3v) is 2.88. The van der Waals surface area contributed by atoms with Crippen LogP contribution in [0.5, 0.6) is 11.5 Å². The normalized spacial score (nSPS) is 19.6. The SMILES string of the molecule is COc1cccc(OC)c1C1CCC1=O. The van der Waals surface area contributed by atoms with Gasteiger partial charge in [0.05, 0.1) is 20.1 Å². The van der Waals surface area contributed by atoms with E-state index >= 15 is 0 Å². The molecule has 1 unspecified atom stereocenters. The Kier molecular flexibility index (Phi) is 2.62. The quantitative estimate of drug-likeness (QED) is 0.760. The molecule has 0 spiro atoms. The molecule has 1 saturated carbocycles. The molecule has 3 nitrogen and oxygen atoms in total. The molecule has 0 heterocycles. The Bertz CT molecular complexity index is 362. The van der Waals surface area contributed by atoms with Gasteiger partial charge in [0.1, 0.15) is 17.3 Å². The van der Waals surface area contributed by atoms with Gasteiger partial charge in [0.2, 0.25) is 0 Å². The molecule has 1 atom stereocenters. The van der Waals surface area contributed by atoms with Crippen LogP contribution in [0.4, 0.5) is 0 Å². The summed E-state index contributed by atoms with van der Waals surface area (Å²) in [4.78, 5) is 11.5. The van der Waals surface area contributed by atoms with Gasteiger partial charge < -0.3 is 9.47 Å². The zero-order valence-electron chi connectivity index (χ0n) is 8.95.